The molecule has 0 radical (unpaired) electrons. The van der Waals surface area contributed by atoms with E-state index < -0.39 is 53.0 Å². The Hall–Kier alpha value is -7.80. The number of nitrogens with one attached hydrogen (secondary N) is 1. The number of aromatic amines is 1. The summed E-state index contributed by atoms with van der Waals surface area (Å²) in [5, 5.41) is 24.0. The van der Waals surface area contributed by atoms with Crippen LogP contribution in [0.5, 0.6) is 5.75 Å². The van der Waals surface area contributed by atoms with Gasteiger partial charge in [-0.05, 0) is 84.1 Å². The Morgan fingerprint density at radius 3 is 2.30 bits per heavy atom. The minimum atomic E-state index is -1.71. The lowest BCUT2D eigenvalue weighted by Gasteiger charge is -2.22. The zero-order valence-corrected chi connectivity index (χ0v) is 38.8. The molecule has 19 heteroatoms. The van der Waals surface area contributed by atoms with E-state index in [0.717, 1.165) is 62.3 Å². The van der Waals surface area contributed by atoms with Gasteiger partial charge in [0.15, 0.2) is 23.1 Å². The fraction of sp³-hybridized carbons (Fsp3) is 0.240. The zero-order valence-electron chi connectivity index (χ0n) is 38.0. The number of aryl methyl sites for hydroxylation is 2. The molecule has 0 unspecified atom stereocenters. The number of thioether (sulfide) groups is 1. The zero-order chi connectivity index (χ0) is 48.8. The van der Waals surface area contributed by atoms with Gasteiger partial charge in [0.05, 0.1) is 23.3 Å². The standard InChI is InChI=1S/C50H46F3N9O6S/c1-5-9-42-55-40(47(50(66)67-6-2)62(42)25-31-12-16-32(17-13-31)35-10-7-8-11-36(35)48-56-58-59-57-48)28-69-34-20-21-39-41(22-34)60(4)43(54-39)27-68-33-18-14-30(15-19-33)24-61(26-44(63)64)49(65)37-23-38(51)46(53)45(52)29(37)3/h7-8,10-23H,5-6,9,24-28H2,1-4H3,(H,63,64)(H,56,57,58,59). The van der Waals surface area contributed by atoms with E-state index in [1.807, 2.05) is 82.9 Å². The van der Waals surface area contributed by atoms with Gasteiger partial charge in [0.25, 0.3) is 5.91 Å². The van der Waals surface area contributed by atoms with Gasteiger partial charge in [-0.3, -0.25) is 9.59 Å². The summed E-state index contributed by atoms with van der Waals surface area (Å²) in [7, 11) is 1.89. The molecule has 0 fully saturated rings. The number of hydrogen-bond acceptors (Lipinski definition) is 11. The van der Waals surface area contributed by atoms with Crippen molar-refractivity contribution < 1.29 is 42.1 Å². The van der Waals surface area contributed by atoms with Crippen LogP contribution in [0.4, 0.5) is 13.2 Å². The third kappa shape index (κ3) is 10.5. The first kappa shape index (κ1) is 47.7. The molecule has 5 aromatic carbocycles. The lowest BCUT2D eigenvalue weighted by Crippen LogP contribution is -2.35. The minimum Gasteiger partial charge on any atom is -0.486 e. The van der Waals surface area contributed by atoms with Gasteiger partial charge in [-0.15, -0.1) is 22.0 Å². The molecule has 0 saturated carbocycles. The Morgan fingerprint density at radius 1 is 0.870 bits per heavy atom. The molecular formula is C50H46F3N9O6S. The summed E-state index contributed by atoms with van der Waals surface area (Å²) in [5.41, 5.74) is 6.06. The number of hydrogen-bond donors (Lipinski definition) is 2. The lowest BCUT2D eigenvalue weighted by molar-refractivity contribution is -0.137. The summed E-state index contributed by atoms with van der Waals surface area (Å²) >= 11 is 1.55. The van der Waals surface area contributed by atoms with Gasteiger partial charge >= 0.3 is 11.9 Å². The number of rotatable bonds is 19. The van der Waals surface area contributed by atoms with Crippen molar-refractivity contribution in [2.45, 2.75) is 64.0 Å². The van der Waals surface area contributed by atoms with Crippen LogP contribution in [0.3, 0.4) is 0 Å². The van der Waals surface area contributed by atoms with Crippen molar-refractivity contribution in [2.75, 3.05) is 13.2 Å². The molecule has 3 aromatic heterocycles. The maximum Gasteiger partial charge on any atom is 0.356 e. The largest absolute Gasteiger partial charge is 0.486 e. The van der Waals surface area contributed by atoms with Crippen LogP contribution in [-0.4, -0.2) is 80.7 Å². The van der Waals surface area contributed by atoms with Gasteiger partial charge in [0.1, 0.15) is 30.5 Å². The van der Waals surface area contributed by atoms with Crippen molar-refractivity contribution in [2.24, 2.45) is 7.05 Å². The summed E-state index contributed by atoms with van der Waals surface area (Å²) in [5.74, 6) is -4.71. The molecule has 8 rings (SSSR count). The number of aromatic nitrogens is 8. The highest BCUT2D eigenvalue weighted by molar-refractivity contribution is 7.98. The maximum absolute atomic E-state index is 14.3. The quantitative estimate of drug-likeness (QED) is 0.0446. The second-order valence-corrected chi connectivity index (χ2v) is 17.1. The van der Waals surface area contributed by atoms with Crippen LogP contribution in [0.2, 0.25) is 0 Å². The summed E-state index contributed by atoms with van der Waals surface area (Å²) < 4.78 is 57.6. The SMILES string of the molecule is CCCc1nc(CSc2ccc3nc(COc4ccc(CN(CC(=O)O)C(=O)c5cc(F)c(F)c(F)c5C)cc4)n(C)c3c2)c(C(=O)OCC)n1Cc1ccc(-c2ccccc2-c2nn[nH]n2)cc1. The number of carbonyl (C=O) groups is 3. The Labute approximate surface area is 398 Å². The molecule has 0 spiro atoms. The summed E-state index contributed by atoms with van der Waals surface area (Å²) in [6, 6.07) is 29.1. The number of tetrazole rings is 1. The van der Waals surface area contributed by atoms with E-state index in [2.05, 4.69) is 27.5 Å². The smallest absolute Gasteiger partial charge is 0.356 e. The van der Waals surface area contributed by atoms with Crippen LogP contribution in [0.25, 0.3) is 33.5 Å². The number of esters is 1. The molecule has 0 atom stereocenters. The van der Waals surface area contributed by atoms with Crippen molar-refractivity contribution in [3.05, 3.63) is 160 Å². The monoisotopic (exact) mass is 957 g/mol. The van der Waals surface area contributed by atoms with Gasteiger partial charge in [0.2, 0.25) is 5.82 Å². The normalized spacial score (nSPS) is 11.3. The number of benzene rings is 5. The molecule has 0 aliphatic rings. The Morgan fingerprint density at radius 2 is 1.61 bits per heavy atom. The first-order valence-electron chi connectivity index (χ1n) is 22.0. The number of carboxylic acids is 1. The number of halogens is 3. The fourth-order valence-corrected chi connectivity index (χ4v) is 8.80. The molecule has 2 N–H and O–H groups in total. The number of fused-ring (bicyclic) bond motifs is 1. The van der Waals surface area contributed by atoms with E-state index >= 15 is 0 Å². The van der Waals surface area contributed by atoms with E-state index in [0.29, 0.717) is 59.1 Å². The van der Waals surface area contributed by atoms with Crippen LogP contribution >= 0.6 is 11.8 Å². The van der Waals surface area contributed by atoms with Gasteiger partial charge in [0, 0.05) is 53.9 Å². The molecule has 354 valence electrons. The highest BCUT2D eigenvalue weighted by Gasteiger charge is 2.27. The molecule has 0 aliphatic heterocycles. The number of H-pyrrole nitrogens is 1. The highest BCUT2D eigenvalue weighted by Crippen LogP contribution is 2.32. The van der Waals surface area contributed by atoms with Crippen molar-refractivity contribution in [3.8, 4) is 28.3 Å². The number of nitrogens with zero attached hydrogens (tertiary/aromatic N) is 8. The summed E-state index contributed by atoms with van der Waals surface area (Å²) in [6.07, 6.45) is 1.50. The predicted octanol–water partition coefficient (Wildman–Crippen LogP) is 9.12. The minimum absolute atomic E-state index is 0.106. The van der Waals surface area contributed by atoms with Crippen molar-refractivity contribution in [3.63, 3.8) is 0 Å². The maximum atomic E-state index is 14.3. The first-order chi connectivity index (χ1) is 33.3. The average Bonchev–Trinajstić information content (AvgIpc) is 4.09. The third-order valence-electron chi connectivity index (χ3n) is 11.4. The van der Waals surface area contributed by atoms with Crippen LogP contribution in [0, 0.1) is 24.4 Å². The highest BCUT2D eigenvalue weighted by atomic mass is 32.2. The number of carbonyl (C=O) groups excluding carboxylic acids is 2. The fourth-order valence-electron chi connectivity index (χ4n) is 7.94. The van der Waals surface area contributed by atoms with Gasteiger partial charge in [-0.2, -0.15) is 5.21 Å². The van der Waals surface area contributed by atoms with Gasteiger partial charge in [-0.25, -0.2) is 27.9 Å². The van der Waals surface area contributed by atoms with Crippen LogP contribution in [0.15, 0.2) is 102 Å². The molecule has 0 saturated heterocycles. The molecule has 15 nitrogen and oxygen atoms in total. The van der Waals surface area contributed by atoms with Crippen LogP contribution in [-0.2, 0) is 48.4 Å². The van der Waals surface area contributed by atoms with Crippen molar-refractivity contribution >= 4 is 40.6 Å². The van der Waals surface area contributed by atoms with Crippen molar-refractivity contribution in [1.82, 2.24) is 44.6 Å². The first-order valence-corrected chi connectivity index (χ1v) is 22.9. The molecule has 0 bridgehead atoms. The van der Waals surface area contributed by atoms with Crippen LogP contribution < -0.4 is 4.74 Å². The Bertz CT molecular complexity index is 3160. The third-order valence-corrected chi connectivity index (χ3v) is 12.4. The van der Waals surface area contributed by atoms with E-state index in [-0.39, 0.29) is 19.8 Å². The number of aliphatic carboxylic acids is 1. The summed E-state index contributed by atoms with van der Waals surface area (Å²) in [4.78, 5) is 50.2. The Kier molecular flexibility index (Phi) is 14.5. The molecule has 8 aromatic rings. The molecule has 3 heterocycles. The van der Waals surface area contributed by atoms with Crippen LogP contribution in [0.1, 0.15) is 75.1 Å². The average molecular weight is 958 g/mol. The van der Waals surface area contributed by atoms with E-state index in [4.69, 9.17) is 19.4 Å². The second-order valence-electron chi connectivity index (χ2n) is 16.0. The number of carboxylic acid groups (broad SMARTS) is 1. The van der Waals surface area contributed by atoms with E-state index in [1.54, 1.807) is 43.0 Å². The Balaban J connectivity index is 0.948. The van der Waals surface area contributed by atoms with E-state index in [9.17, 15) is 32.7 Å². The number of amides is 1. The summed E-state index contributed by atoms with van der Waals surface area (Å²) in [6.45, 7) is 4.75. The predicted molar refractivity (Wildman–Crippen MR) is 251 cm³/mol. The number of ether oxygens (including phenoxy) is 2. The molecule has 0 aliphatic carbocycles. The molecule has 1 amide bonds. The second kappa shape index (κ2) is 21.0. The van der Waals surface area contributed by atoms with Gasteiger partial charge in [-0.1, -0.05) is 67.6 Å². The topological polar surface area (TPSA) is 183 Å². The lowest BCUT2D eigenvalue weighted by atomic mass is 9.98. The van der Waals surface area contributed by atoms with Crippen molar-refractivity contribution in [1.29, 1.82) is 0 Å². The number of imidazole rings is 2. The van der Waals surface area contributed by atoms with Gasteiger partial charge < -0.3 is 28.6 Å². The van der Waals surface area contributed by atoms with E-state index in [1.165, 1.54) is 0 Å². The molecule has 69 heavy (non-hydrogen) atoms. The molecular weight excluding hydrogens is 912 g/mol.